The Bertz CT molecular complexity index is 792. The van der Waals surface area contributed by atoms with Gasteiger partial charge in [0.05, 0.1) is 31.8 Å². The number of nitro groups is 1. The Labute approximate surface area is 173 Å². The Balaban J connectivity index is 2.96. The van der Waals surface area contributed by atoms with Crippen molar-refractivity contribution in [1.82, 2.24) is 5.32 Å². The summed E-state index contributed by atoms with van der Waals surface area (Å²) in [5.41, 5.74) is -0.961. The van der Waals surface area contributed by atoms with Gasteiger partial charge in [-0.2, -0.15) is 0 Å². The van der Waals surface area contributed by atoms with E-state index in [1.807, 2.05) is 13.8 Å². The highest BCUT2D eigenvalue weighted by Crippen LogP contribution is 2.35. The number of carbonyl (C=O) groups excluding carboxylic acids is 3. The zero-order valence-electron chi connectivity index (χ0n) is 17.6. The standard InChI is InChI=1S/C19H26N2O9/c1-6-29-16-8-12(14(21(25)26)9-15(16)27-4)18(23)30-10-17(22)20-13(7-11(2)3)19(24)28-5/h8-9,11,13H,6-7,10H2,1-5H3,(H,20,22). The number of nitrogens with zero attached hydrogens (tertiary/aromatic N) is 1. The smallest absolute Gasteiger partial charge is 0.345 e. The van der Waals surface area contributed by atoms with E-state index in [2.05, 4.69) is 10.1 Å². The van der Waals surface area contributed by atoms with Gasteiger partial charge in [0, 0.05) is 6.07 Å². The number of ether oxygens (including phenoxy) is 4. The van der Waals surface area contributed by atoms with Crippen molar-refractivity contribution in [1.29, 1.82) is 0 Å². The Hall–Kier alpha value is -3.37. The fraction of sp³-hybridized carbons (Fsp3) is 0.526. The monoisotopic (exact) mass is 426 g/mol. The van der Waals surface area contributed by atoms with Crippen molar-refractivity contribution >= 4 is 23.5 Å². The number of methoxy groups -OCH3 is 2. The van der Waals surface area contributed by atoms with Gasteiger partial charge >= 0.3 is 11.9 Å². The molecule has 0 spiro atoms. The van der Waals surface area contributed by atoms with Crippen LogP contribution in [0.4, 0.5) is 5.69 Å². The van der Waals surface area contributed by atoms with Crippen molar-refractivity contribution in [2.75, 3.05) is 27.4 Å². The van der Waals surface area contributed by atoms with Gasteiger partial charge in [-0.3, -0.25) is 14.9 Å². The molecule has 1 aromatic rings. The van der Waals surface area contributed by atoms with E-state index in [1.165, 1.54) is 14.2 Å². The van der Waals surface area contributed by atoms with Crippen molar-refractivity contribution in [3.63, 3.8) is 0 Å². The number of nitro benzene ring substituents is 1. The average Bonchev–Trinajstić information content (AvgIpc) is 2.70. The van der Waals surface area contributed by atoms with Crippen LogP contribution < -0.4 is 14.8 Å². The van der Waals surface area contributed by atoms with Crippen LogP contribution in [0.25, 0.3) is 0 Å². The lowest BCUT2D eigenvalue weighted by Gasteiger charge is -2.18. The van der Waals surface area contributed by atoms with E-state index in [1.54, 1.807) is 6.92 Å². The molecule has 1 N–H and O–H groups in total. The molecule has 0 saturated carbocycles. The van der Waals surface area contributed by atoms with Crippen LogP contribution in [0.5, 0.6) is 11.5 Å². The van der Waals surface area contributed by atoms with E-state index in [9.17, 15) is 24.5 Å². The molecule has 0 heterocycles. The van der Waals surface area contributed by atoms with Crippen LogP contribution in [0.1, 0.15) is 37.6 Å². The molecule has 0 fully saturated rings. The highest BCUT2D eigenvalue weighted by molar-refractivity contribution is 5.96. The molecule has 30 heavy (non-hydrogen) atoms. The number of carbonyl (C=O) groups is 3. The number of rotatable bonds is 11. The van der Waals surface area contributed by atoms with Crippen LogP contribution >= 0.6 is 0 Å². The van der Waals surface area contributed by atoms with E-state index in [0.717, 1.165) is 12.1 Å². The molecule has 1 amide bonds. The summed E-state index contributed by atoms with van der Waals surface area (Å²) >= 11 is 0. The molecular weight excluding hydrogens is 400 g/mol. The molecule has 1 unspecified atom stereocenters. The second kappa shape index (κ2) is 11.6. The average molecular weight is 426 g/mol. The van der Waals surface area contributed by atoms with Gasteiger partial charge in [-0.05, 0) is 19.3 Å². The van der Waals surface area contributed by atoms with Crippen molar-refractivity contribution in [3.05, 3.63) is 27.8 Å². The Morgan fingerprint density at radius 3 is 2.33 bits per heavy atom. The Morgan fingerprint density at radius 2 is 1.83 bits per heavy atom. The van der Waals surface area contributed by atoms with E-state index in [0.29, 0.717) is 6.42 Å². The van der Waals surface area contributed by atoms with Gasteiger partial charge in [0.2, 0.25) is 0 Å². The molecule has 0 aromatic heterocycles. The third-order valence-corrected chi connectivity index (χ3v) is 3.86. The quantitative estimate of drug-likeness (QED) is 0.318. The fourth-order valence-electron chi connectivity index (χ4n) is 2.56. The highest BCUT2D eigenvalue weighted by atomic mass is 16.6. The lowest BCUT2D eigenvalue weighted by molar-refractivity contribution is -0.385. The van der Waals surface area contributed by atoms with Crippen LogP contribution in [0.3, 0.4) is 0 Å². The lowest BCUT2D eigenvalue weighted by Crippen LogP contribution is -2.44. The molecule has 0 saturated heterocycles. The molecule has 1 rings (SSSR count). The molecule has 166 valence electrons. The van der Waals surface area contributed by atoms with Crippen LogP contribution in [0.15, 0.2) is 12.1 Å². The maximum atomic E-state index is 12.4. The minimum Gasteiger partial charge on any atom is -0.493 e. The zero-order chi connectivity index (χ0) is 22.8. The summed E-state index contributed by atoms with van der Waals surface area (Å²) in [5.74, 6) is -2.19. The maximum absolute atomic E-state index is 12.4. The van der Waals surface area contributed by atoms with E-state index < -0.39 is 46.7 Å². The van der Waals surface area contributed by atoms with E-state index in [-0.39, 0.29) is 24.0 Å². The second-order valence-electron chi connectivity index (χ2n) is 6.56. The molecule has 0 bridgehead atoms. The van der Waals surface area contributed by atoms with Crippen molar-refractivity contribution < 1.29 is 38.3 Å². The van der Waals surface area contributed by atoms with Gasteiger partial charge in [-0.25, -0.2) is 9.59 Å². The number of esters is 2. The van der Waals surface area contributed by atoms with Gasteiger partial charge in [-0.1, -0.05) is 13.8 Å². The summed E-state index contributed by atoms with van der Waals surface area (Å²) in [4.78, 5) is 46.8. The second-order valence-corrected chi connectivity index (χ2v) is 6.56. The molecule has 0 aliphatic rings. The minimum atomic E-state index is -1.10. The van der Waals surface area contributed by atoms with Crippen LogP contribution in [0, 0.1) is 16.0 Å². The molecule has 0 aliphatic carbocycles. The molecule has 1 atom stereocenters. The van der Waals surface area contributed by atoms with E-state index >= 15 is 0 Å². The number of hydrogen-bond acceptors (Lipinski definition) is 9. The van der Waals surface area contributed by atoms with Gasteiger partial charge < -0.3 is 24.3 Å². The first-order chi connectivity index (χ1) is 14.1. The fourth-order valence-corrected chi connectivity index (χ4v) is 2.56. The summed E-state index contributed by atoms with van der Waals surface area (Å²) in [7, 11) is 2.50. The van der Waals surface area contributed by atoms with Crippen LogP contribution in [0.2, 0.25) is 0 Å². The third kappa shape index (κ3) is 6.90. The molecule has 0 aliphatic heterocycles. The highest BCUT2D eigenvalue weighted by Gasteiger charge is 2.27. The zero-order valence-corrected chi connectivity index (χ0v) is 17.6. The third-order valence-electron chi connectivity index (χ3n) is 3.86. The number of nitrogens with one attached hydrogen (secondary N) is 1. The predicted octanol–water partition coefficient (Wildman–Crippen LogP) is 1.86. The first kappa shape index (κ1) is 24.7. The van der Waals surface area contributed by atoms with Crippen molar-refractivity contribution in [2.45, 2.75) is 33.2 Å². The Kier molecular flexibility index (Phi) is 9.53. The normalized spacial score (nSPS) is 11.4. The van der Waals surface area contributed by atoms with E-state index in [4.69, 9.17) is 14.2 Å². The summed E-state index contributed by atoms with van der Waals surface area (Å²) in [5, 5.41) is 13.8. The van der Waals surface area contributed by atoms with Gasteiger partial charge in [0.25, 0.3) is 11.6 Å². The topological polar surface area (TPSA) is 143 Å². The predicted molar refractivity (Wildman–Crippen MR) is 105 cm³/mol. The SMILES string of the molecule is CCOc1cc(C(=O)OCC(=O)NC(CC(C)C)C(=O)OC)c([N+](=O)[O-])cc1OC. The van der Waals surface area contributed by atoms with Crippen molar-refractivity contribution in [2.24, 2.45) is 5.92 Å². The molecular formula is C19H26N2O9. The van der Waals surface area contributed by atoms with Crippen LogP contribution in [-0.2, 0) is 19.1 Å². The lowest BCUT2D eigenvalue weighted by atomic mass is 10.0. The Morgan fingerprint density at radius 1 is 1.17 bits per heavy atom. The summed E-state index contributed by atoms with van der Waals surface area (Å²) in [6.45, 7) is 4.91. The molecule has 11 heteroatoms. The first-order valence-corrected chi connectivity index (χ1v) is 9.18. The first-order valence-electron chi connectivity index (χ1n) is 9.18. The van der Waals surface area contributed by atoms with Gasteiger partial charge in [0.15, 0.2) is 18.1 Å². The summed E-state index contributed by atoms with van der Waals surface area (Å²) in [6.07, 6.45) is 0.327. The number of amides is 1. The van der Waals surface area contributed by atoms with Gasteiger partial charge in [0.1, 0.15) is 11.6 Å². The van der Waals surface area contributed by atoms with Gasteiger partial charge in [-0.15, -0.1) is 0 Å². The maximum Gasteiger partial charge on any atom is 0.345 e. The van der Waals surface area contributed by atoms with Crippen molar-refractivity contribution in [3.8, 4) is 11.5 Å². The number of benzene rings is 1. The minimum absolute atomic E-state index is 0.0763. The largest absolute Gasteiger partial charge is 0.493 e. The molecule has 1 aromatic carbocycles. The summed E-state index contributed by atoms with van der Waals surface area (Å²) in [6, 6.07) is 1.26. The number of hydrogen-bond donors (Lipinski definition) is 1. The molecule has 11 nitrogen and oxygen atoms in total. The van der Waals surface area contributed by atoms with Crippen LogP contribution in [-0.4, -0.2) is 56.2 Å². The summed E-state index contributed by atoms with van der Waals surface area (Å²) < 4.78 is 19.9. The molecule has 0 radical (unpaired) electrons.